The van der Waals surface area contributed by atoms with E-state index in [9.17, 15) is 4.79 Å². The van der Waals surface area contributed by atoms with Crippen molar-refractivity contribution in [2.75, 3.05) is 30.8 Å². The molecule has 2 saturated carbocycles. The van der Waals surface area contributed by atoms with Crippen LogP contribution in [-0.4, -0.2) is 69.4 Å². The summed E-state index contributed by atoms with van der Waals surface area (Å²) in [6.07, 6.45) is 12.8. The van der Waals surface area contributed by atoms with Crippen molar-refractivity contribution in [3.63, 3.8) is 0 Å². The molecule has 190 valence electrons. The first kappa shape index (κ1) is 23.8. The molecule has 2 amide bonds. The molecule has 0 spiro atoms. The number of carbonyl (C=O) groups excluding carboxylic acids is 1. The number of rotatable bonds is 7. The smallest absolute Gasteiger partial charge is 0.315 e. The van der Waals surface area contributed by atoms with Crippen LogP contribution in [0, 0.1) is 0 Å². The lowest BCUT2D eigenvalue weighted by molar-refractivity contribution is 0.208. The van der Waals surface area contributed by atoms with E-state index in [-0.39, 0.29) is 18.1 Å². The van der Waals surface area contributed by atoms with E-state index in [1.807, 2.05) is 6.07 Å². The van der Waals surface area contributed by atoms with Crippen molar-refractivity contribution >= 4 is 23.6 Å². The number of aromatic amines is 1. The summed E-state index contributed by atoms with van der Waals surface area (Å²) in [7, 11) is 2.13. The van der Waals surface area contributed by atoms with Gasteiger partial charge < -0.3 is 26.2 Å². The number of H-pyrrole nitrogens is 1. The lowest BCUT2D eigenvalue weighted by Crippen LogP contribution is -2.50. The van der Waals surface area contributed by atoms with Crippen molar-refractivity contribution in [2.45, 2.75) is 88.3 Å². The number of likely N-dealkylation sites (tertiary alicyclic amines) is 1. The van der Waals surface area contributed by atoms with Gasteiger partial charge in [0.1, 0.15) is 5.82 Å². The van der Waals surface area contributed by atoms with Crippen LogP contribution in [0.15, 0.2) is 18.3 Å². The highest BCUT2D eigenvalue weighted by atomic mass is 16.2. The van der Waals surface area contributed by atoms with Gasteiger partial charge >= 0.3 is 6.03 Å². The van der Waals surface area contributed by atoms with Crippen LogP contribution >= 0.6 is 0 Å². The molecule has 0 unspecified atom stereocenters. The van der Waals surface area contributed by atoms with Crippen molar-refractivity contribution in [1.82, 2.24) is 35.7 Å². The number of amides is 2. The number of carbonyl (C=O) groups is 1. The van der Waals surface area contributed by atoms with E-state index in [1.165, 1.54) is 31.4 Å². The Balaban J connectivity index is 1.05. The first-order valence-corrected chi connectivity index (χ1v) is 13.3. The van der Waals surface area contributed by atoms with Crippen molar-refractivity contribution in [1.29, 1.82) is 0 Å². The van der Waals surface area contributed by atoms with Crippen LogP contribution in [0.5, 0.6) is 0 Å². The molecular formula is C25H39N9O. The normalized spacial score (nSPS) is 24.3. The molecule has 2 aromatic rings. The molecule has 10 nitrogen and oxygen atoms in total. The molecule has 0 atom stereocenters. The molecule has 5 rings (SSSR count). The Labute approximate surface area is 207 Å². The van der Waals surface area contributed by atoms with Crippen LogP contribution in [0.3, 0.4) is 0 Å². The summed E-state index contributed by atoms with van der Waals surface area (Å²) >= 11 is 0. The zero-order chi connectivity index (χ0) is 24.0. The predicted molar refractivity (Wildman–Crippen MR) is 137 cm³/mol. The van der Waals surface area contributed by atoms with Crippen LogP contribution < -0.4 is 21.3 Å². The van der Waals surface area contributed by atoms with Crippen LogP contribution in [-0.2, 0) is 0 Å². The number of piperidine rings is 1. The minimum Gasteiger partial charge on any atom is -0.351 e. The van der Waals surface area contributed by atoms with E-state index in [2.05, 4.69) is 59.4 Å². The van der Waals surface area contributed by atoms with Gasteiger partial charge in [0.15, 0.2) is 5.82 Å². The number of nitrogens with one attached hydrogen (secondary N) is 5. The van der Waals surface area contributed by atoms with Crippen molar-refractivity contribution in [3.8, 4) is 0 Å². The highest BCUT2D eigenvalue weighted by Gasteiger charge is 2.25. The third kappa shape index (κ3) is 6.62. The molecular weight excluding hydrogens is 442 g/mol. The average molecular weight is 482 g/mol. The fourth-order valence-electron chi connectivity index (χ4n) is 5.61. The summed E-state index contributed by atoms with van der Waals surface area (Å²) in [5.74, 6) is 2.75. The molecule has 2 aliphatic carbocycles. The fourth-order valence-corrected chi connectivity index (χ4v) is 5.61. The molecule has 10 heteroatoms. The van der Waals surface area contributed by atoms with Gasteiger partial charge in [0.25, 0.3) is 0 Å². The Morgan fingerprint density at radius 2 is 1.63 bits per heavy atom. The third-order valence-electron chi connectivity index (χ3n) is 7.75. The Bertz CT molecular complexity index is 957. The number of hydrogen-bond acceptors (Lipinski definition) is 7. The van der Waals surface area contributed by atoms with Crippen LogP contribution in [0.2, 0.25) is 0 Å². The van der Waals surface area contributed by atoms with Gasteiger partial charge in [0.05, 0.1) is 0 Å². The fraction of sp³-hybridized carbons (Fsp3) is 0.680. The topological polar surface area (TPSA) is 123 Å². The second-order valence-electron chi connectivity index (χ2n) is 10.5. The lowest BCUT2D eigenvalue weighted by Gasteiger charge is -2.32. The van der Waals surface area contributed by atoms with Gasteiger partial charge in [-0.2, -0.15) is 10.1 Å². The molecule has 5 N–H and O–H groups in total. The van der Waals surface area contributed by atoms with Crippen LogP contribution in [0.4, 0.5) is 22.4 Å². The third-order valence-corrected chi connectivity index (χ3v) is 7.75. The minimum atomic E-state index is -0.0208. The number of anilines is 3. The van der Waals surface area contributed by atoms with Gasteiger partial charge in [0.2, 0.25) is 5.95 Å². The molecule has 35 heavy (non-hydrogen) atoms. The maximum atomic E-state index is 12.4. The second-order valence-corrected chi connectivity index (χ2v) is 10.5. The minimum absolute atomic E-state index is 0.0208. The number of aromatic nitrogens is 4. The molecule has 1 aliphatic heterocycles. The summed E-state index contributed by atoms with van der Waals surface area (Å²) in [6.45, 7) is 2.09. The predicted octanol–water partition coefficient (Wildman–Crippen LogP) is 3.72. The first-order chi connectivity index (χ1) is 17.1. The molecule has 0 radical (unpaired) electrons. The maximum absolute atomic E-state index is 12.4. The summed E-state index contributed by atoms with van der Waals surface area (Å²) in [6, 6.07) is 4.76. The largest absolute Gasteiger partial charge is 0.351 e. The summed E-state index contributed by atoms with van der Waals surface area (Å²) in [5.41, 5.74) is 1.21. The van der Waals surface area contributed by atoms with Crippen LogP contribution in [0.25, 0.3) is 0 Å². The van der Waals surface area contributed by atoms with Gasteiger partial charge in [0, 0.05) is 42.0 Å². The average Bonchev–Trinajstić information content (AvgIpc) is 3.55. The standard InChI is InChI=1S/C25H39N9O/c1-34-14-11-20(12-15-34)29-25(35)28-19-8-6-18(7-9-19)27-24-26-13-10-22(31-24)30-23-16-21(32-33-23)17-4-2-3-5-17/h10,13,16-20H,2-9,11-12,14-15H2,1H3,(H2,28,29,35)(H3,26,27,30,31,32,33)/t18-,19-. The Morgan fingerprint density at radius 3 is 2.37 bits per heavy atom. The molecule has 0 aromatic carbocycles. The van der Waals surface area contributed by atoms with Gasteiger partial charge in [-0.05, 0) is 77.6 Å². The van der Waals surface area contributed by atoms with E-state index in [0.29, 0.717) is 17.9 Å². The zero-order valence-electron chi connectivity index (χ0n) is 20.7. The van der Waals surface area contributed by atoms with E-state index >= 15 is 0 Å². The molecule has 3 aliphatic rings. The van der Waals surface area contributed by atoms with Gasteiger partial charge in [-0.25, -0.2) is 9.78 Å². The zero-order valence-corrected chi connectivity index (χ0v) is 20.7. The number of urea groups is 1. The van der Waals surface area contributed by atoms with Crippen molar-refractivity contribution < 1.29 is 4.79 Å². The second kappa shape index (κ2) is 11.2. The van der Waals surface area contributed by atoms with Gasteiger partial charge in [-0.1, -0.05) is 12.8 Å². The van der Waals surface area contributed by atoms with Crippen molar-refractivity contribution in [3.05, 3.63) is 24.0 Å². The van der Waals surface area contributed by atoms with E-state index in [4.69, 9.17) is 0 Å². The van der Waals surface area contributed by atoms with E-state index < -0.39 is 0 Å². The van der Waals surface area contributed by atoms with E-state index in [0.717, 1.165) is 63.3 Å². The number of nitrogens with zero attached hydrogens (tertiary/aromatic N) is 4. The van der Waals surface area contributed by atoms with Gasteiger partial charge in [-0.15, -0.1) is 0 Å². The maximum Gasteiger partial charge on any atom is 0.315 e. The number of hydrogen-bond donors (Lipinski definition) is 5. The molecule has 1 saturated heterocycles. The molecule has 2 aromatic heterocycles. The quantitative estimate of drug-likeness (QED) is 0.408. The monoisotopic (exact) mass is 481 g/mol. The lowest BCUT2D eigenvalue weighted by atomic mass is 9.91. The highest BCUT2D eigenvalue weighted by molar-refractivity contribution is 5.74. The summed E-state index contributed by atoms with van der Waals surface area (Å²) in [4.78, 5) is 23.8. The Hall–Kier alpha value is -2.88. The highest BCUT2D eigenvalue weighted by Crippen LogP contribution is 2.34. The van der Waals surface area contributed by atoms with Gasteiger partial charge in [-0.3, -0.25) is 5.10 Å². The first-order valence-electron chi connectivity index (χ1n) is 13.3. The molecule has 0 bridgehead atoms. The molecule has 3 fully saturated rings. The summed E-state index contributed by atoms with van der Waals surface area (Å²) < 4.78 is 0. The Morgan fingerprint density at radius 1 is 0.943 bits per heavy atom. The van der Waals surface area contributed by atoms with Crippen LogP contribution in [0.1, 0.15) is 75.8 Å². The summed E-state index contributed by atoms with van der Waals surface area (Å²) in [5, 5.41) is 20.7. The SMILES string of the molecule is CN1CCC(NC(=O)N[C@H]2CC[C@H](Nc3nccc(Nc4cc(C5CCCC5)[nH]n4)n3)CC2)CC1. The Kier molecular flexibility index (Phi) is 7.66. The van der Waals surface area contributed by atoms with E-state index in [1.54, 1.807) is 6.20 Å². The molecule has 3 heterocycles. The van der Waals surface area contributed by atoms with Crippen molar-refractivity contribution in [2.24, 2.45) is 0 Å².